The van der Waals surface area contributed by atoms with Gasteiger partial charge in [-0.15, -0.1) is 0 Å². The van der Waals surface area contributed by atoms with Crippen molar-refractivity contribution in [2.24, 2.45) is 0 Å². The molecular formula is C11H14BrN3O4. The molecule has 1 rings (SSSR count). The molecule has 7 nitrogen and oxygen atoms in total. The first-order chi connectivity index (χ1) is 8.61. The first-order valence-electron chi connectivity index (χ1n) is 5.41. The Balaban J connectivity index is 2.95. The van der Waals surface area contributed by atoms with E-state index in [1.54, 1.807) is 27.7 Å². The van der Waals surface area contributed by atoms with E-state index in [4.69, 9.17) is 4.74 Å². The average Bonchev–Trinajstić information content (AvgIpc) is 2.21. The van der Waals surface area contributed by atoms with Crippen LogP contribution in [0.25, 0.3) is 0 Å². The van der Waals surface area contributed by atoms with E-state index in [-0.39, 0.29) is 11.5 Å². The van der Waals surface area contributed by atoms with Crippen LogP contribution in [0.2, 0.25) is 0 Å². The lowest BCUT2D eigenvalue weighted by atomic mass is 10.2. The van der Waals surface area contributed by atoms with Crippen LogP contribution in [0.3, 0.4) is 0 Å². The molecule has 0 aliphatic rings. The van der Waals surface area contributed by atoms with Crippen molar-refractivity contribution in [2.75, 3.05) is 5.32 Å². The number of ether oxygens (including phenoxy) is 1. The maximum Gasteiger partial charge on any atom is 0.413 e. The monoisotopic (exact) mass is 331 g/mol. The Bertz CT molecular complexity index is 525. The zero-order chi connectivity index (χ0) is 14.8. The van der Waals surface area contributed by atoms with Crippen molar-refractivity contribution in [2.45, 2.75) is 33.3 Å². The molecule has 104 valence electrons. The molecule has 0 radical (unpaired) electrons. The summed E-state index contributed by atoms with van der Waals surface area (Å²) in [4.78, 5) is 25.6. The Labute approximate surface area is 118 Å². The number of carbonyl (C=O) groups excluding carboxylic acids is 1. The minimum Gasteiger partial charge on any atom is -0.444 e. The van der Waals surface area contributed by atoms with Gasteiger partial charge in [0, 0.05) is 5.56 Å². The van der Waals surface area contributed by atoms with E-state index >= 15 is 0 Å². The lowest BCUT2D eigenvalue weighted by Gasteiger charge is -2.19. The minimum atomic E-state index is -0.672. The highest BCUT2D eigenvalue weighted by molar-refractivity contribution is 9.10. The number of pyridine rings is 1. The summed E-state index contributed by atoms with van der Waals surface area (Å²) in [6.45, 7) is 6.76. The molecule has 0 atom stereocenters. The van der Waals surface area contributed by atoms with Crippen molar-refractivity contribution in [1.29, 1.82) is 0 Å². The largest absolute Gasteiger partial charge is 0.444 e. The molecule has 0 unspecified atom stereocenters. The molecule has 0 saturated carbocycles. The number of rotatable bonds is 2. The van der Waals surface area contributed by atoms with Gasteiger partial charge in [0.15, 0.2) is 0 Å². The highest BCUT2D eigenvalue weighted by Crippen LogP contribution is 2.30. The van der Waals surface area contributed by atoms with Gasteiger partial charge < -0.3 is 4.74 Å². The molecular weight excluding hydrogens is 318 g/mol. The Morgan fingerprint density at radius 2 is 2.11 bits per heavy atom. The Hall–Kier alpha value is -1.70. The van der Waals surface area contributed by atoms with Gasteiger partial charge in [-0.25, -0.2) is 9.78 Å². The summed E-state index contributed by atoms with van der Waals surface area (Å²) in [6, 6.07) is 0. The molecule has 1 aromatic rings. The summed E-state index contributed by atoms with van der Waals surface area (Å²) in [6.07, 6.45) is 0.418. The van der Waals surface area contributed by atoms with Gasteiger partial charge in [-0.1, -0.05) is 0 Å². The maximum atomic E-state index is 11.6. The summed E-state index contributed by atoms with van der Waals surface area (Å²) < 4.78 is 5.42. The number of halogens is 1. The molecule has 0 saturated heterocycles. The van der Waals surface area contributed by atoms with E-state index in [1.807, 2.05) is 0 Å². The van der Waals surface area contributed by atoms with E-state index in [1.165, 1.54) is 0 Å². The van der Waals surface area contributed by atoms with Crippen LogP contribution in [0, 0.1) is 17.0 Å². The highest BCUT2D eigenvalue weighted by atomic mass is 79.9. The van der Waals surface area contributed by atoms with Crippen LogP contribution in [0.5, 0.6) is 0 Å². The number of hydrogen-bond acceptors (Lipinski definition) is 5. The molecule has 0 aliphatic heterocycles. The van der Waals surface area contributed by atoms with E-state index in [0.29, 0.717) is 10.0 Å². The molecule has 1 aromatic heterocycles. The van der Waals surface area contributed by atoms with Gasteiger partial charge in [-0.05, 0) is 43.6 Å². The Morgan fingerprint density at radius 3 is 2.58 bits per heavy atom. The van der Waals surface area contributed by atoms with E-state index in [0.717, 1.165) is 6.20 Å². The standard InChI is InChI=1S/C11H14BrN3O4/c1-6-7(15(17)18)5-13-9(8(6)12)14-10(16)19-11(2,3)4/h5H,1-4H3,(H,13,14,16). The number of amides is 1. The van der Waals surface area contributed by atoms with Gasteiger partial charge in [-0.2, -0.15) is 0 Å². The third-order valence-electron chi connectivity index (χ3n) is 2.05. The Morgan fingerprint density at radius 1 is 1.53 bits per heavy atom. The second-order valence-electron chi connectivity index (χ2n) is 4.82. The quantitative estimate of drug-likeness (QED) is 0.661. The smallest absolute Gasteiger partial charge is 0.413 e. The third-order valence-corrected chi connectivity index (χ3v) is 3.02. The summed E-state index contributed by atoms with van der Waals surface area (Å²) in [7, 11) is 0. The summed E-state index contributed by atoms with van der Waals surface area (Å²) in [5, 5.41) is 13.2. The van der Waals surface area contributed by atoms with Crippen molar-refractivity contribution in [1.82, 2.24) is 4.98 Å². The van der Waals surface area contributed by atoms with Crippen molar-refractivity contribution in [3.8, 4) is 0 Å². The molecule has 8 heteroatoms. The molecule has 19 heavy (non-hydrogen) atoms. The SMILES string of the molecule is Cc1c([N+](=O)[O-])cnc(NC(=O)OC(C)(C)C)c1Br. The number of carbonyl (C=O) groups is 1. The lowest BCUT2D eigenvalue weighted by molar-refractivity contribution is -0.385. The van der Waals surface area contributed by atoms with Gasteiger partial charge in [0.25, 0.3) is 5.69 Å². The zero-order valence-electron chi connectivity index (χ0n) is 11.0. The second kappa shape index (κ2) is 5.52. The first kappa shape index (κ1) is 15.4. The van der Waals surface area contributed by atoms with Crippen LogP contribution in [-0.4, -0.2) is 21.6 Å². The molecule has 0 aliphatic carbocycles. The van der Waals surface area contributed by atoms with Crippen LogP contribution in [-0.2, 0) is 4.74 Å². The van der Waals surface area contributed by atoms with Crippen molar-refractivity contribution < 1.29 is 14.5 Å². The third kappa shape index (κ3) is 4.16. The van der Waals surface area contributed by atoms with Crippen LogP contribution in [0.4, 0.5) is 16.3 Å². The maximum absolute atomic E-state index is 11.6. The first-order valence-corrected chi connectivity index (χ1v) is 6.20. The fourth-order valence-electron chi connectivity index (χ4n) is 1.24. The van der Waals surface area contributed by atoms with Crippen LogP contribution >= 0.6 is 15.9 Å². The van der Waals surface area contributed by atoms with Gasteiger partial charge >= 0.3 is 6.09 Å². The molecule has 1 heterocycles. The van der Waals surface area contributed by atoms with Crippen LogP contribution in [0.15, 0.2) is 10.7 Å². The van der Waals surface area contributed by atoms with E-state index in [2.05, 4.69) is 26.2 Å². The fourth-order valence-corrected chi connectivity index (χ4v) is 1.65. The van der Waals surface area contributed by atoms with E-state index in [9.17, 15) is 14.9 Å². The van der Waals surface area contributed by atoms with Crippen molar-refractivity contribution in [3.05, 3.63) is 26.3 Å². The van der Waals surface area contributed by atoms with Gasteiger partial charge in [-0.3, -0.25) is 15.4 Å². The van der Waals surface area contributed by atoms with Gasteiger partial charge in [0.1, 0.15) is 17.6 Å². The number of aromatic nitrogens is 1. The van der Waals surface area contributed by atoms with E-state index < -0.39 is 16.6 Å². The van der Waals surface area contributed by atoms with Crippen molar-refractivity contribution in [3.63, 3.8) is 0 Å². The zero-order valence-corrected chi connectivity index (χ0v) is 12.6. The minimum absolute atomic E-state index is 0.124. The molecule has 0 fully saturated rings. The fraction of sp³-hybridized carbons (Fsp3) is 0.455. The molecule has 1 N–H and O–H groups in total. The average molecular weight is 332 g/mol. The predicted molar refractivity (Wildman–Crippen MR) is 73.2 cm³/mol. The summed E-state index contributed by atoms with van der Waals surface area (Å²) in [5.41, 5.74) is -0.375. The molecule has 1 amide bonds. The molecule has 0 spiro atoms. The second-order valence-corrected chi connectivity index (χ2v) is 5.61. The number of nitrogens with zero attached hydrogens (tertiary/aromatic N) is 2. The molecule has 0 aromatic carbocycles. The highest BCUT2D eigenvalue weighted by Gasteiger charge is 2.21. The van der Waals surface area contributed by atoms with Gasteiger partial charge in [0.05, 0.1) is 9.40 Å². The molecule has 0 bridgehead atoms. The Kier molecular flexibility index (Phi) is 4.46. The van der Waals surface area contributed by atoms with Crippen LogP contribution < -0.4 is 5.32 Å². The number of hydrogen-bond donors (Lipinski definition) is 1. The van der Waals surface area contributed by atoms with Crippen LogP contribution in [0.1, 0.15) is 26.3 Å². The summed E-state index contributed by atoms with van der Waals surface area (Å²) in [5.74, 6) is 0.178. The summed E-state index contributed by atoms with van der Waals surface area (Å²) >= 11 is 3.17. The predicted octanol–water partition coefficient (Wildman–Crippen LogP) is 3.41. The number of nitro groups is 1. The topological polar surface area (TPSA) is 94.4 Å². The number of nitrogens with one attached hydrogen (secondary N) is 1. The van der Waals surface area contributed by atoms with Gasteiger partial charge in [0.2, 0.25) is 0 Å². The van der Waals surface area contributed by atoms with Crippen molar-refractivity contribution >= 4 is 33.5 Å². The lowest BCUT2D eigenvalue weighted by Crippen LogP contribution is -2.27. The normalized spacial score (nSPS) is 11.0. The number of anilines is 1.